The predicted molar refractivity (Wildman–Crippen MR) is 73.8 cm³/mol. The normalized spacial score (nSPS) is 37.6. The molecule has 3 rings (SSSR count). The van der Waals surface area contributed by atoms with Gasteiger partial charge in [-0.15, -0.1) is 0 Å². The quantitative estimate of drug-likeness (QED) is 0.839. The Kier molecular flexibility index (Phi) is 3.34. The third kappa shape index (κ3) is 2.79. The van der Waals surface area contributed by atoms with Gasteiger partial charge in [0.05, 0.1) is 12.2 Å². The molecule has 0 aromatic heterocycles. The van der Waals surface area contributed by atoms with Gasteiger partial charge in [0.25, 0.3) is 0 Å². The monoisotopic (exact) mass is 266 g/mol. The van der Waals surface area contributed by atoms with Crippen molar-refractivity contribution in [2.24, 2.45) is 11.8 Å². The van der Waals surface area contributed by atoms with Gasteiger partial charge in [0, 0.05) is 43.4 Å². The Morgan fingerprint density at radius 3 is 2.32 bits per heavy atom. The predicted octanol–water partition coefficient (Wildman–Crippen LogP) is 1.40. The molecule has 3 saturated heterocycles. The lowest BCUT2D eigenvalue weighted by molar-refractivity contribution is -0.122. The van der Waals surface area contributed by atoms with Crippen LogP contribution in [0.1, 0.15) is 40.0 Å². The zero-order valence-electron chi connectivity index (χ0n) is 12.3. The average molecular weight is 266 g/mol. The molecule has 108 valence electrons. The van der Waals surface area contributed by atoms with Crippen molar-refractivity contribution >= 4 is 5.91 Å². The maximum atomic E-state index is 11.8. The van der Waals surface area contributed by atoms with Crippen molar-refractivity contribution in [1.82, 2.24) is 10.2 Å². The van der Waals surface area contributed by atoms with Gasteiger partial charge in [0.15, 0.2) is 0 Å². The number of carbonyl (C=O) groups excluding carboxylic acids is 1. The van der Waals surface area contributed by atoms with Crippen molar-refractivity contribution in [2.75, 3.05) is 19.6 Å². The van der Waals surface area contributed by atoms with E-state index in [1.807, 2.05) is 20.8 Å². The zero-order chi connectivity index (χ0) is 13.6. The number of fused-ring (bicyclic) bond motifs is 5. The standard InChI is InChI=1S/C15H26N2O2/c1-15(2,3)16-14(18)6-7-17-8-10-11(9-17)13-5-4-12(10)19-13/h10-13H,4-9H2,1-3H3,(H,16,18)/t10-,11+,12-,13-/m1/s1. The summed E-state index contributed by atoms with van der Waals surface area (Å²) in [4.78, 5) is 14.3. The fraction of sp³-hybridized carbons (Fsp3) is 0.933. The van der Waals surface area contributed by atoms with Crippen molar-refractivity contribution in [3.8, 4) is 0 Å². The van der Waals surface area contributed by atoms with E-state index in [1.165, 1.54) is 12.8 Å². The van der Waals surface area contributed by atoms with Crippen LogP contribution in [0.2, 0.25) is 0 Å². The van der Waals surface area contributed by atoms with Crippen molar-refractivity contribution in [1.29, 1.82) is 0 Å². The summed E-state index contributed by atoms with van der Waals surface area (Å²) in [6.45, 7) is 9.25. The van der Waals surface area contributed by atoms with Crippen LogP contribution in [0.4, 0.5) is 0 Å². The van der Waals surface area contributed by atoms with Crippen molar-refractivity contribution in [2.45, 2.75) is 57.8 Å². The number of rotatable bonds is 3. The summed E-state index contributed by atoms with van der Waals surface area (Å²) in [6, 6.07) is 0. The van der Waals surface area contributed by atoms with E-state index in [0.717, 1.165) is 31.5 Å². The van der Waals surface area contributed by atoms with E-state index in [1.54, 1.807) is 0 Å². The largest absolute Gasteiger partial charge is 0.374 e. The molecular formula is C15H26N2O2. The Morgan fingerprint density at radius 1 is 1.21 bits per heavy atom. The molecule has 4 atom stereocenters. The highest BCUT2D eigenvalue weighted by molar-refractivity contribution is 5.76. The van der Waals surface area contributed by atoms with Gasteiger partial charge in [-0.2, -0.15) is 0 Å². The molecule has 3 aliphatic heterocycles. The van der Waals surface area contributed by atoms with Crippen LogP contribution in [0.5, 0.6) is 0 Å². The smallest absolute Gasteiger partial charge is 0.221 e. The van der Waals surface area contributed by atoms with Crippen molar-refractivity contribution in [3.63, 3.8) is 0 Å². The van der Waals surface area contributed by atoms with Gasteiger partial charge in [-0.1, -0.05) is 0 Å². The van der Waals surface area contributed by atoms with E-state index >= 15 is 0 Å². The lowest BCUT2D eigenvalue weighted by Crippen LogP contribution is -2.42. The maximum Gasteiger partial charge on any atom is 0.221 e. The van der Waals surface area contributed by atoms with Crippen LogP contribution in [-0.4, -0.2) is 48.2 Å². The zero-order valence-corrected chi connectivity index (χ0v) is 12.3. The van der Waals surface area contributed by atoms with E-state index in [2.05, 4.69) is 10.2 Å². The minimum absolute atomic E-state index is 0.119. The molecule has 4 nitrogen and oxygen atoms in total. The highest BCUT2D eigenvalue weighted by Crippen LogP contribution is 2.47. The Morgan fingerprint density at radius 2 is 1.79 bits per heavy atom. The lowest BCUT2D eigenvalue weighted by atomic mass is 9.82. The molecule has 2 bridgehead atoms. The minimum Gasteiger partial charge on any atom is -0.374 e. The summed E-state index contributed by atoms with van der Waals surface area (Å²) in [6.07, 6.45) is 4.16. The molecule has 0 aliphatic carbocycles. The fourth-order valence-corrected chi connectivity index (χ4v) is 3.97. The summed E-state index contributed by atoms with van der Waals surface area (Å²) >= 11 is 0. The Bertz CT molecular complexity index is 346. The summed E-state index contributed by atoms with van der Waals surface area (Å²) < 4.78 is 5.97. The summed E-state index contributed by atoms with van der Waals surface area (Å²) in [5.41, 5.74) is -0.119. The molecule has 0 spiro atoms. The molecule has 4 heteroatoms. The third-order valence-corrected chi connectivity index (χ3v) is 4.70. The second-order valence-corrected chi connectivity index (χ2v) is 7.43. The van der Waals surface area contributed by atoms with E-state index in [0.29, 0.717) is 18.6 Å². The van der Waals surface area contributed by atoms with Gasteiger partial charge < -0.3 is 15.0 Å². The number of carbonyl (C=O) groups is 1. The van der Waals surface area contributed by atoms with Crippen LogP contribution in [0.15, 0.2) is 0 Å². The highest BCUT2D eigenvalue weighted by Gasteiger charge is 2.52. The van der Waals surface area contributed by atoms with Gasteiger partial charge in [-0.25, -0.2) is 0 Å². The minimum atomic E-state index is -0.119. The molecule has 1 amide bonds. The SMILES string of the molecule is CC(C)(C)NC(=O)CCN1C[C@@H]2[C@H](C1)[C@H]1CC[C@H]2O1. The molecule has 19 heavy (non-hydrogen) atoms. The summed E-state index contributed by atoms with van der Waals surface area (Å²) in [7, 11) is 0. The van der Waals surface area contributed by atoms with Crippen LogP contribution in [-0.2, 0) is 9.53 Å². The Hall–Kier alpha value is -0.610. The number of amides is 1. The van der Waals surface area contributed by atoms with Crippen LogP contribution in [0, 0.1) is 11.8 Å². The molecule has 0 aromatic rings. The fourth-order valence-electron chi connectivity index (χ4n) is 3.97. The van der Waals surface area contributed by atoms with Crippen molar-refractivity contribution < 1.29 is 9.53 Å². The molecule has 0 unspecified atom stereocenters. The first-order chi connectivity index (χ1) is 8.92. The number of hydrogen-bond donors (Lipinski definition) is 1. The van der Waals surface area contributed by atoms with E-state index in [-0.39, 0.29) is 11.4 Å². The number of likely N-dealkylation sites (tertiary alicyclic amines) is 1. The first kappa shape index (κ1) is 13.4. The first-order valence-corrected chi connectivity index (χ1v) is 7.61. The lowest BCUT2D eigenvalue weighted by Gasteiger charge is -2.22. The number of ether oxygens (including phenoxy) is 1. The molecule has 3 aliphatic rings. The van der Waals surface area contributed by atoms with Gasteiger partial charge >= 0.3 is 0 Å². The van der Waals surface area contributed by atoms with Crippen LogP contribution < -0.4 is 5.32 Å². The first-order valence-electron chi connectivity index (χ1n) is 7.61. The van der Waals surface area contributed by atoms with Gasteiger partial charge in [-0.05, 0) is 33.6 Å². The molecule has 1 N–H and O–H groups in total. The average Bonchev–Trinajstić information content (AvgIpc) is 2.96. The van der Waals surface area contributed by atoms with Gasteiger partial charge in [0.1, 0.15) is 0 Å². The van der Waals surface area contributed by atoms with Gasteiger partial charge in [0.2, 0.25) is 5.91 Å². The van der Waals surface area contributed by atoms with E-state index in [4.69, 9.17) is 4.74 Å². The summed E-state index contributed by atoms with van der Waals surface area (Å²) in [5.74, 6) is 1.65. The van der Waals surface area contributed by atoms with E-state index < -0.39 is 0 Å². The van der Waals surface area contributed by atoms with Crippen molar-refractivity contribution in [3.05, 3.63) is 0 Å². The van der Waals surface area contributed by atoms with Gasteiger partial charge in [-0.3, -0.25) is 4.79 Å². The summed E-state index contributed by atoms with van der Waals surface area (Å²) in [5, 5.41) is 3.03. The molecule has 0 aromatic carbocycles. The molecule has 0 saturated carbocycles. The third-order valence-electron chi connectivity index (χ3n) is 4.70. The number of nitrogens with zero attached hydrogens (tertiary/aromatic N) is 1. The van der Waals surface area contributed by atoms with Crippen LogP contribution in [0.3, 0.4) is 0 Å². The topological polar surface area (TPSA) is 41.6 Å². The van der Waals surface area contributed by atoms with Crippen LogP contribution >= 0.6 is 0 Å². The maximum absolute atomic E-state index is 11.8. The Labute approximate surface area is 115 Å². The molecule has 3 fully saturated rings. The van der Waals surface area contributed by atoms with E-state index in [9.17, 15) is 4.79 Å². The molecule has 0 radical (unpaired) electrons. The number of nitrogens with one attached hydrogen (secondary N) is 1. The molecule has 3 heterocycles. The van der Waals surface area contributed by atoms with Crippen LogP contribution in [0.25, 0.3) is 0 Å². The molecular weight excluding hydrogens is 240 g/mol. The highest BCUT2D eigenvalue weighted by atomic mass is 16.5. The Balaban J connectivity index is 1.44. The second-order valence-electron chi connectivity index (χ2n) is 7.43. The second kappa shape index (κ2) is 4.74. The number of hydrogen-bond acceptors (Lipinski definition) is 3.